The molecule has 0 amide bonds. The Labute approximate surface area is 112 Å². The molecule has 0 aliphatic rings. The van der Waals surface area contributed by atoms with Crippen molar-refractivity contribution in [3.8, 4) is 0 Å². The molecule has 0 bridgehead atoms. The van der Waals surface area contributed by atoms with E-state index in [0.717, 1.165) is 34.5 Å². The van der Waals surface area contributed by atoms with Gasteiger partial charge >= 0.3 is 0 Å². The lowest BCUT2D eigenvalue weighted by atomic mass is 10.1. The molecule has 0 radical (unpaired) electrons. The molecule has 3 heteroatoms. The van der Waals surface area contributed by atoms with Crippen molar-refractivity contribution in [2.24, 2.45) is 0 Å². The van der Waals surface area contributed by atoms with E-state index in [0.29, 0.717) is 0 Å². The Bertz CT molecular complexity index is 735. The monoisotopic (exact) mass is 249 g/mol. The second kappa shape index (κ2) is 4.76. The molecule has 3 aromatic rings. The second-order valence-electron chi connectivity index (χ2n) is 4.78. The Morgan fingerprint density at radius 1 is 0.842 bits per heavy atom. The number of fused-ring (bicyclic) bond motifs is 1. The van der Waals surface area contributed by atoms with Crippen LogP contribution in [0.3, 0.4) is 0 Å². The van der Waals surface area contributed by atoms with Crippen molar-refractivity contribution in [1.29, 1.82) is 0 Å². The summed E-state index contributed by atoms with van der Waals surface area (Å²) >= 11 is 0. The van der Waals surface area contributed by atoms with Crippen molar-refractivity contribution in [3.05, 3.63) is 65.2 Å². The first-order valence-corrected chi connectivity index (χ1v) is 6.35. The zero-order chi connectivity index (χ0) is 13.2. The zero-order valence-corrected chi connectivity index (χ0v) is 11.1. The molecule has 0 atom stereocenters. The molecule has 94 valence electrons. The van der Waals surface area contributed by atoms with Crippen LogP contribution in [0.15, 0.2) is 42.6 Å². The van der Waals surface area contributed by atoms with E-state index in [4.69, 9.17) is 0 Å². The Morgan fingerprint density at radius 3 is 2.47 bits per heavy atom. The van der Waals surface area contributed by atoms with E-state index in [2.05, 4.69) is 21.0 Å². The summed E-state index contributed by atoms with van der Waals surface area (Å²) in [4.78, 5) is 13.3. The van der Waals surface area contributed by atoms with Gasteiger partial charge in [0.1, 0.15) is 0 Å². The van der Waals surface area contributed by atoms with Gasteiger partial charge in [0.25, 0.3) is 0 Å². The van der Waals surface area contributed by atoms with Crippen LogP contribution in [0.1, 0.15) is 22.6 Å². The van der Waals surface area contributed by atoms with Crippen molar-refractivity contribution >= 4 is 11.0 Å². The molecule has 0 saturated carbocycles. The van der Waals surface area contributed by atoms with Gasteiger partial charge in [-0.1, -0.05) is 0 Å². The third-order valence-electron chi connectivity index (χ3n) is 3.09. The van der Waals surface area contributed by atoms with E-state index in [9.17, 15) is 0 Å². The Kier molecular flexibility index (Phi) is 2.95. The molecular weight excluding hydrogens is 234 g/mol. The van der Waals surface area contributed by atoms with Crippen LogP contribution in [0.2, 0.25) is 0 Å². The molecule has 0 unspecified atom stereocenters. The molecule has 3 heterocycles. The average Bonchev–Trinajstić information content (AvgIpc) is 2.39. The molecule has 3 nitrogen and oxygen atoms in total. The summed E-state index contributed by atoms with van der Waals surface area (Å²) in [5.74, 6) is 0. The van der Waals surface area contributed by atoms with Gasteiger partial charge in [-0.25, -0.2) is 0 Å². The smallest absolute Gasteiger partial charge is 0.0890 e. The molecule has 0 fully saturated rings. The van der Waals surface area contributed by atoms with Crippen LogP contribution in [-0.2, 0) is 6.42 Å². The number of pyridine rings is 3. The van der Waals surface area contributed by atoms with Crippen molar-refractivity contribution in [3.63, 3.8) is 0 Å². The molecule has 0 saturated heterocycles. The van der Waals surface area contributed by atoms with Gasteiger partial charge in [-0.05, 0) is 55.8 Å². The third-order valence-corrected chi connectivity index (χ3v) is 3.09. The SMILES string of the molecule is Cc1cc(Cc2ccc3nc(C)ccc3n2)ccn1. The van der Waals surface area contributed by atoms with Crippen LogP contribution in [0.4, 0.5) is 0 Å². The number of aryl methyl sites for hydroxylation is 2. The van der Waals surface area contributed by atoms with E-state index in [1.165, 1.54) is 5.56 Å². The lowest BCUT2D eigenvalue weighted by Gasteiger charge is -2.04. The summed E-state index contributed by atoms with van der Waals surface area (Å²) < 4.78 is 0. The second-order valence-corrected chi connectivity index (χ2v) is 4.78. The standard InChI is InChI=1S/C16H15N3/c1-11-3-5-16-15(18-11)6-4-14(19-16)10-13-7-8-17-12(2)9-13/h3-9H,10H2,1-2H3. The molecular formula is C16H15N3. The Hall–Kier alpha value is -2.29. The van der Waals surface area contributed by atoms with Gasteiger partial charge in [-0.15, -0.1) is 0 Å². The van der Waals surface area contributed by atoms with Gasteiger partial charge in [0.15, 0.2) is 0 Å². The fourth-order valence-corrected chi connectivity index (χ4v) is 2.18. The molecule has 19 heavy (non-hydrogen) atoms. The van der Waals surface area contributed by atoms with Gasteiger partial charge in [0.05, 0.1) is 11.0 Å². The Balaban J connectivity index is 1.95. The molecule has 0 aliphatic heterocycles. The molecule has 0 aromatic carbocycles. The highest BCUT2D eigenvalue weighted by Gasteiger charge is 2.02. The minimum absolute atomic E-state index is 0.827. The molecule has 3 aromatic heterocycles. The quantitative estimate of drug-likeness (QED) is 0.700. The van der Waals surface area contributed by atoms with E-state index in [1.54, 1.807) is 0 Å². The molecule has 0 N–H and O–H groups in total. The maximum absolute atomic E-state index is 4.66. The van der Waals surface area contributed by atoms with Crippen molar-refractivity contribution in [2.45, 2.75) is 20.3 Å². The first kappa shape index (κ1) is 11.8. The topological polar surface area (TPSA) is 38.7 Å². The van der Waals surface area contributed by atoms with Crippen molar-refractivity contribution in [1.82, 2.24) is 15.0 Å². The number of hydrogen-bond donors (Lipinski definition) is 0. The number of aromatic nitrogens is 3. The maximum Gasteiger partial charge on any atom is 0.0890 e. The predicted molar refractivity (Wildman–Crippen MR) is 76.1 cm³/mol. The highest BCUT2D eigenvalue weighted by Crippen LogP contribution is 2.14. The summed E-state index contributed by atoms with van der Waals surface area (Å²) in [6.07, 6.45) is 2.67. The fourth-order valence-electron chi connectivity index (χ4n) is 2.18. The summed E-state index contributed by atoms with van der Waals surface area (Å²) in [5, 5.41) is 0. The van der Waals surface area contributed by atoms with Crippen LogP contribution < -0.4 is 0 Å². The van der Waals surface area contributed by atoms with Crippen LogP contribution in [0, 0.1) is 13.8 Å². The average molecular weight is 249 g/mol. The fraction of sp³-hybridized carbons (Fsp3) is 0.188. The van der Waals surface area contributed by atoms with E-state index >= 15 is 0 Å². The van der Waals surface area contributed by atoms with Gasteiger partial charge < -0.3 is 0 Å². The normalized spacial score (nSPS) is 10.8. The van der Waals surface area contributed by atoms with Gasteiger partial charge in [-0.2, -0.15) is 0 Å². The highest BCUT2D eigenvalue weighted by molar-refractivity contribution is 5.74. The first-order chi connectivity index (χ1) is 9.20. The molecule has 0 aliphatic carbocycles. The lowest BCUT2D eigenvalue weighted by Crippen LogP contribution is -1.95. The first-order valence-electron chi connectivity index (χ1n) is 6.35. The van der Waals surface area contributed by atoms with Crippen LogP contribution in [0.25, 0.3) is 11.0 Å². The molecule has 3 rings (SSSR count). The summed E-state index contributed by atoms with van der Waals surface area (Å²) in [5.41, 5.74) is 6.26. The van der Waals surface area contributed by atoms with Crippen LogP contribution in [0.5, 0.6) is 0 Å². The third kappa shape index (κ3) is 2.60. The summed E-state index contributed by atoms with van der Waals surface area (Å²) in [7, 11) is 0. The van der Waals surface area contributed by atoms with E-state index in [-0.39, 0.29) is 0 Å². The Morgan fingerprint density at radius 2 is 1.63 bits per heavy atom. The number of rotatable bonds is 2. The number of hydrogen-bond acceptors (Lipinski definition) is 3. The van der Waals surface area contributed by atoms with Crippen LogP contribution in [-0.4, -0.2) is 15.0 Å². The highest BCUT2D eigenvalue weighted by atomic mass is 14.8. The van der Waals surface area contributed by atoms with Gasteiger partial charge in [0, 0.05) is 29.7 Å². The maximum atomic E-state index is 4.66. The largest absolute Gasteiger partial charge is 0.262 e. The van der Waals surface area contributed by atoms with E-state index < -0.39 is 0 Å². The summed E-state index contributed by atoms with van der Waals surface area (Å²) in [6.45, 7) is 4.00. The van der Waals surface area contributed by atoms with Gasteiger partial charge in [-0.3, -0.25) is 15.0 Å². The zero-order valence-electron chi connectivity index (χ0n) is 11.1. The lowest BCUT2D eigenvalue weighted by molar-refractivity contribution is 1.07. The van der Waals surface area contributed by atoms with Crippen LogP contribution >= 0.6 is 0 Å². The van der Waals surface area contributed by atoms with Crippen molar-refractivity contribution in [2.75, 3.05) is 0 Å². The predicted octanol–water partition coefficient (Wildman–Crippen LogP) is 3.23. The molecule has 0 spiro atoms. The summed E-state index contributed by atoms with van der Waals surface area (Å²) in [6, 6.07) is 12.2. The van der Waals surface area contributed by atoms with Crippen molar-refractivity contribution < 1.29 is 0 Å². The number of nitrogens with zero attached hydrogens (tertiary/aromatic N) is 3. The van der Waals surface area contributed by atoms with E-state index in [1.807, 2.05) is 50.4 Å². The minimum Gasteiger partial charge on any atom is -0.262 e. The minimum atomic E-state index is 0.827. The van der Waals surface area contributed by atoms with Gasteiger partial charge in [0.2, 0.25) is 0 Å².